The second kappa shape index (κ2) is 15.3. The zero-order valence-electron chi connectivity index (χ0n) is 27.3. The van der Waals surface area contributed by atoms with Gasteiger partial charge >= 0.3 is 0 Å². The van der Waals surface area contributed by atoms with Crippen LogP contribution < -0.4 is 24.8 Å². The first-order chi connectivity index (χ1) is 23.4. The quantitative estimate of drug-likeness (QED) is 0.263. The van der Waals surface area contributed by atoms with Crippen LogP contribution in [0.25, 0.3) is 0 Å². The second-order valence-corrected chi connectivity index (χ2v) is 11.8. The van der Waals surface area contributed by atoms with Crippen molar-refractivity contribution in [1.29, 1.82) is 0 Å². The molecule has 48 heavy (non-hydrogen) atoms. The van der Waals surface area contributed by atoms with Gasteiger partial charge in [-0.25, -0.2) is 4.98 Å². The molecule has 3 aliphatic rings. The Bertz CT molecular complexity index is 1650. The average molecular weight is 660 g/mol. The molecular weight excluding hydrogens is 618 g/mol. The number of amides is 3. The fourth-order valence-electron chi connectivity index (χ4n) is 5.92. The van der Waals surface area contributed by atoms with E-state index >= 15 is 0 Å². The van der Waals surface area contributed by atoms with Crippen molar-refractivity contribution in [3.8, 4) is 17.2 Å². The number of hydrogen-bond donors (Lipinski definition) is 2. The lowest BCUT2D eigenvalue weighted by molar-refractivity contribution is -0.116. The summed E-state index contributed by atoms with van der Waals surface area (Å²) < 4.78 is 24.2. The van der Waals surface area contributed by atoms with E-state index in [-0.39, 0.29) is 42.5 Å². The Morgan fingerprint density at radius 2 is 1.83 bits per heavy atom. The lowest BCUT2D eigenvalue weighted by Gasteiger charge is -2.26. The van der Waals surface area contributed by atoms with Crippen molar-refractivity contribution < 1.29 is 33.3 Å². The third-order valence-corrected chi connectivity index (χ3v) is 8.50. The maximum atomic E-state index is 13.1. The summed E-state index contributed by atoms with van der Waals surface area (Å²) in [5.74, 6) is 1.29. The zero-order valence-corrected chi connectivity index (χ0v) is 27.3. The van der Waals surface area contributed by atoms with Gasteiger partial charge in [-0.1, -0.05) is 0 Å². The molecule has 1 unspecified atom stereocenters. The molecule has 14 nitrogen and oxygen atoms in total. The van der Waals surface area contributed by atoms with Crippen molar-refractivity contribution in [2.75, 3.05) is 70.3 Å². The molecule has 0 radical (unpaired) electrons. The Kier molecular flexibility index (Phi) is 10.5. The van der Waals surface area contributed by atoms with E-state index in [1.165, 1.54) is 7.11 Å². The van der Waals surface area contributed by atoms with Gasteiger partial charge in [-0.05, 0) is 49.6 Å². The van der Waals surface area contributed by atoms with Crippen LogP contribution in [0.5, 0.6) is 17.2 Å². The molecule has 254 valence electrons. The molecule has 0 saturated carbocycles. The third-order valence-electron chi connectivity index (χ3n) is 8.50. The summed E-state index contributed by atoms with van der Waals surface area (Å²) in [6.45, 7) is 5.69. The molecule has 1 aromatic heterocycles. The van der Waals surface area contributed by atoms with Gasteiger partial charge in [0.05, 0.1) is 44.2 Å². The summed E-state index contributed by atoms with van der Waals surface area (Å²) in [5.41, 5.74) is 1.62. The smallest absolute Gasteiger partial charge is 0.291 e. The average Bonchev–Trinajstić information content (AvgIpc) is 3.69. The topological polar surface area (TPSA) is 149 Å². The summed E-state index contributed by atoms with van der Waals surface area (Å²) >= 11 is 0. The van der Waals surface area contributed by atoms with Crippen molar-refractivity contribution in [2.45, 2.75) is 31.7 Å². The van der Waals surface area contributed by atoms with Gasteiger partial charge in [0.15, 0.2) is 17.3 Å². The maximum absolute atomic E-state index is 13.1. The lowest BCUT2D eigenvalue weighted by atomic mass is 10.1. The van der Waals surface area contributed by atoms with Crippen LogP contribution >= 0.6 is 0 Å². The highest BCUT2D eigenvalue weighted by molar-refractivity contribution is 6.04. The molecule has 3 aliphatic heterocycles. The molecule has 6 rings (SSSR count). The number of carbonyl (C=O) groups is 3. The number of carbonyl (C=O) groups excluding carboxylic acids is 3. The van der Waals surface area contributed by atoms with E-state index in [2.05, 4.69) is 25.5 Å². The molecule has 3 amide bonds. The molecule has 2 saturated heterocycles. The number of rotatable bonds is 13. The van der Waals surface area contributed by atoms with Gasteiger partial charge in [0.2, 0.25) is 11.7 Å². The molecular formula is C34H41N7O7. The van der Waals surface area contributed by atoms with Crippen molar-refractivity contribution in [3.05, 3.63) is 54.0 Å². The van der Waals surface area contributed by atoms with Gasteiger partial charge < -0.3 is 39.0 Å². The van der Waals surface area contributed by atoms with Gasteiger partial charge in [0, 0.05) is 63.8 Å². The number of aromatic nitrogens is 2. The fraction of sp³-hybridized carbons (Fsp3) is 0.441. The summed E-state index contributed by atoms with van der Waals surface area (Å²) in [6.07, 6.45) is 5.85. The number of fused-ring (bicyclic) bond motifs is 2. The van der Waals surface area contributed by atoms with Gasteiger partial charge in [-0.3, -0.25) is 24.3 Å². The van der Waals surface area contributed by atoms with E-state index in [9.17, 15) is 14.4 Å². The molecule has 4 heterocycles. The van der Waals surface area contributed by atoms with Gasteiger partial charge in [0.1, 0.15) is 12.4 Å². The van der Waals surface area contributed by atoms with Crippen LogP contribution in [0.2, 0.25) is 0 Å². The Morgan fingerprint density at radius 1 is 1.02 bits per heavy atom. The van der Waals surface area contributed by atoms with E-state index in [4.69, 9.17) is 18.9 Å². The maximum Gasteiger partial charge on any atom is 0.291 e. The van der Waals surface area contributed by atoms with Gasteiger partial charge in [-0.15, -0.1) is 0 Å². The van der Waals surface area contributed by atoms with Crippen LogP contribution in [-0.4, -0.2) is 109 Å². The molecule has 1 atom stereocenters. The zero-order chi connectivity index (χ0) is 33.5. The Morgan fingerprint density at radius 3 is 2.62 bits per heavy atom. The van der Waals surface area contributed by atoms with E-state index in [1.54, 1.807) is 42.1 Å². The number of methoxy groups -OCH3 is 1. The van der Waals surface area contributed by atoms with Gasteiger partial charge in [0.25, 0.3) is 11.8 Å². The third kappa shape index (κ3) is 7.94. The predicted molar refractivity (Wildman–Crippen MR) is 179 cm³/mol. The number of aryl methyl sites for hydroxylation is 1. The van der Waals surface area contributed by atoms with Crippen molar-refractivity contribution in [1.82, 2.24) is 19.4 Å². The summed E-state index contributed by atoms with van der Waals surface area (Å²) in [6, 6.07) is 10.5. The van der Waals surface area contributed by atoms with E-state index in [0.29, 0.717) is 48.0 Å². The second-order valence-electron chi connectivity index (χ2n) is 11.8. The minimum Gasteiger partial charge on any atom is -0.493 e. The van der Waals surface area contributed by atoms with Crippen LogP contribution in [0, 0.1) is 0 Å². The standard InChI is InChI=1S/C34H41N7O7/c1-39-22-30(38-32(39)33(43)36-23-7-9-25(10-8-23)47-18-14-40-12-16-46-17-13-40)37-31(42)6-4-15-48-29-20-27-26(19-28(29)45-2)34(44)41-11-3-5-24(41)21-35-27/h7-10,19-22,24H,3-6,11-18H2,1-2H3,(H,36,43)(H,37,42). The molecule has 0 aliphatic carbocycles. The van der Waals surface area contributed by atoms with Crippen LogP contribution in [0.4, 0.5) is 17.2 Å². The molecule has 0 spiro atoms. The summed E-state index contributed by atoms with van der Waals surface area (Å²) in [5, 5.41) is 5.58. The molecule has 0 bridgehead atoms. The van der Waals surface area contributed by atoms with E-state index < -0.39 is 5.91 Å². The normalized spacial score (nSPS) is 17.3. The Labute approximate surface area is 279 Å². The van der Waals surface area contributed by atoms with Crippen molar-refractivity contribution in [3.63, 3.8) is 0 Å². The Hall–Kier alpha value is -4.95. The van der Waals surface area contributed by atoms with Crippen molar-refractivity contribution in [2.24, 2.45) is 12.0 Å². The van der Waals surface area contributed by atoms with Gasteiger partial charge in [-0.2, -0.15) is 0 Å². The molecule has 2 aromatic carbocycles. The first-order valence-electron chi connectivity index (χ1n) is 16.3. The fourth-order valence-corrected chi connectivity index (χ4v) is 5.92. The Balaban J connectivity index is 0.951. The summed E-state index contributed by atoms with van der Waals surface area (Å²) in [7, 11) is 3.21. The number of nitrogens with zero attached hydrogens (tertiary/aromatic N) is 5. The van der Waals surface area contributed by atoms with Crippen LogP contribution in [0.3, 0.4) is 0 Å². The highest BCUT2D eigenvalue weighted by atomic mass is 16.5. The predicted octanol–water partition coefficient (Wildman–Crippen LogP) is 3.51. The van der Waals surface area contributed by atoms with Crippen LogP contribution in [0.1, 0.15) is 46.7 Å². The number of hydrogen-bond acceptors (Lipinski definition) is 10. The van der Waals surface area contributed by atoms with E-state index in [1.807, 2.05) is 23.2 Å². The number of imidazole rings is 1. The number of aliphatic imine (C=N–C) groups is 1. The number of anilines is 2. The lowest BCUT2D eigenvalue weighted by Crippen LogP contribution is -2.38. The molecule has 14 heteroatoms. The highest BCUT2D eigenvalue weighted by Gasteiger charge is 2.32. The largest absolute Gasteiger partial charge is 0.493 e. The minimum atomic E-state index is -0.409. The highest BCUT2D eigenvalue weighted by Crippen LogP contribution is 2.38. The number of ether oxygens (including phenoxy) is 4. The number of nitrogens with one attached hydrogen (secondary N) is 2. The van der Waals surface area contributed by atoms with E-state index in [0.717, 1.165) is 51.4 Å². The molecule has 2 N–H and O–H groups in total. The first kappa shape index (κ1) is 33.0. The van der Waals surface area contributed by atoms with Crippen LogP contribution in [-0.2, 0) is 16.6 Å². The SMILES string of the molecule is COc1cc2c(cc1OCCCC(=O)Nc1cn(C)c(C(=O)Nc3ccc(OCCN4CCOCC4)cc3)n1)N=CC1CCCN1C2=O. The number of benzene rings is 2. The van der Waals surface area contributed by atoms with Crippen LogP contribution in [0.15, 0.2) is 47.6 Å². The minimum absolute atomic E-state index is 0.0115. The summed E-state index contributed by atoms with van der Waals surface area (Å²) in [4.78, 5) is 51.7. The van der Waals surface area contributed by atoms with Crippen molar-refractivity contribution >= 4 is 41.1 Å². The number of morpholine rings is 1. The molecule has 3 aromatic rings. The monoisotopic (exact) mass is 659 g/mol. The molecule has 2 fully saturated rings. The first-order valence-corrected chi connectivity index (χ1v) is 16.3.